The molecular formula is C25H27FN2. The first-order valence-corrected chi connectivity index (χ1v) is 9.94. The third kappa shape index (κ3) is 4.01. The fourth-order valence-electron chi connectivity index (χ4n) is 4.17. The summed E-state index contributed by atoms with van der Waals surface area (Å²) in [6, 6.07) is 24.4. The zero-order chi connectivity index (χ0) is 19.5. The number of nitrogens with zero attached hydrogens (tertiary/aromatic N) is 2. The Labute approximate surface area is 167 Å². The third-order valence-corrected chi connectivity index (χ3v) is 5.67. The van der Waals surface area contributed by atoms with Crippen LogP contribution >= 0.6 is 0 Å². The van der Waals surface area contributed by atoms with E-state index in [9.17, 15) is 4.39 Å². The number of hydrogen-bond acceptors (Lipinski definition) is 2. The minimum Gasteiger partial charge on any atom is -0.278 e. The number of rotatable bonds is 5. The second kappa shape index (κ2) is 8.26. The average Bonchev–Trinajstić information content (AvgIpc) is 3.08. The lowest BCUT2D eigenvalue weighted by molar-refractivity contribution is 0.124. The minimum absolute atomic E-state index is 0.122. The highest BCUT2D eigenvalue weighted by Gasteiger charge is 2.33. The highest BCUT2D eigenvalue weighted by Crippen LogP contribution is 2.33. The summed E-state index contributed by atoms with van der Waals surface area (Å²) in [6.07, 6.45) is 0.152. The van der Waals surface area contributed by atoms with Gasteiger partial charge in [0.25, 0.3) is 0 Å². The number of halogens is 1. The van der Waals surface area contributed by atoms with Crippen molar-refractivity contribution in [3.05, 3.63) is 106 Å². The van der Waals surface area contributed by atoms with Gasteiger partial charge in [0.15, 0.2) is 0 Å². The van der Waals surface area contributed by atoms with Gasteiger partial charge in [-0.3, -0.25) is 9.80 Å². The average molecular weight is 375 g/mol. The van der Waals surface area contributed by atoms with Gasteiger partial charge in [0, 0.05) is 31.7 Å². The first kappa shape index (κ1) is 18.9. The quantitative estimate of drug-likeness (QED) is 0.585. The summed E-state index contributed by atoms with van der Waals surface area (Å²) in [6.45, 7) is 7.73. The minimum atomic E-state index is -0.122. The summed E-state index contributed by atoms with van der Waals surface area (Å²) in [5.41, 5.74) is 5.97. The second-order valence-electron chi connectivity index (χ2n) is 7.75. The molecule has 1 aliphatic heterocycles. The Morgan fingerprint density at radius 1 is 0.786 bits per heavy atom. The van der Waals surface area contributed by atoms with Crippen LogP contribution in [-0.4, -0.2) is 22.9 Å². The fraction of sp³-hybridized carbons (Fsp3) is 0.280. The Balaban J connectivity index is 1.65. The van der Waals surface area contributed by atoms with Crippen molar-refractivity contribution in [2.24, 2.45) is 0 Å². The van der Waals surface area contributed by atoms with Gasteiger partial charge in [0.05, 0.1) is 6.17 Å². The molecule has 3 aromatic rings. The van der Waals surface area contributed by atoms with Gasteiger partial charge in [0.2, 0.25) is 0 Å². The van der Waals surface area contributed by atoms with Crippen LogP contribution in [-0.2, 0) is 13.1 Å². The topological polar surface area (TPSA) is 6.48 Å². The van der Waals surface area contributed by atoms with Crippen molar-refractivity contribution in [1.82, 2.24) is 9.80 Å². The van der Waals surface area contributed by atoms with Crippen LogP contribution in [0, 0.1) is 19.7 Å². The van der Waals surface area contributed by atoms with E-state index >= 15 is 0 Å². The molecule has 2 nitrogen and oxygen atoms in total. The van der Waals surface area contributed by atoms with Crippen LogP contribution in [0.3, 0.4) is 0 Å². The van der Waals surface area contributed by atoms with Crippen molar-refractivity contribution < 1.29 is 4.39 Å². The van der Waals surface area contributed by atoms with Crippen LogP contribution in [0.4, 0.5) is 4.39 Å². The highest BCUT2D eigenvalue weighted by atomic mass is 19.1. The lowest BCUT2D eigenvalue weighted by atomic mass is 10.1. The third-order valence-electron chi connectivity index (χ3n) is 5.67. The van der Waals surface area contributed by atoms with E-state index < -0.39 is 0 Å². The van der Waals surface area contributed by atoms with Crippen LogP contribution in [0.1, 0.15) is 34.0 Å². The van der Waals surface area contributed by atoms with Crippen LogP contribution in [0.25, 0.3) is 0 Å². The van der Waals surface area contributed by atoms with Gasteiger partial charge in [-0.05, 0) is 36.6 Å². The van der Waals surface area contributed by atoms with Gasteiger partial charge in [-0.1, -0.05) is 72.3 Å². The molecule has 1 atom stereocenters. The SMILES string of the molecule is Cc1cccc([C@@H]2N(Cc3ccccc3C)CCN2Cc2ccccc2F)c1. The molecule has 144 valence electrons. The smallest absolute Gasteiger partial charge is 0.127 e. The van der Waals surface area contributed by atoms with Crippen LogP contribution in [0.15, 0.2) is 72.8 Å². The lowest BCUT2D eigenvalue weighted by Gasteiger charge is -2.31. The van der Waals surface area contributed by atoms with Gasteiger partial charge in [-0.25, -0.2) is 4.39 Å². The van der Waals surface area contributed by atoms with E-state index in [-0.39, 0.29) is 12.0 Å². The Hall–Kier alpha value is -2.49. The van der Waals surface area contributed by atoms with E-state index in [0.29, 0.717) is 6.54 Å². The first-order valence-electron chi connectivity index (χ1n) is 9.94. The molecule has 4 rings (SSSR count). The van der Waals surface area contributed by atoms with Crippen molar-refractivity contribution in [2.45, 2.75) is 33.1 Å². The number of aryl methyl sites for hydroxylation is 2. The molecule has 1 saturated heterocycles. The summed E-state index contributed by atoms with van der Waals surface area (Å²) < 4.78 is 14.3. The molecule has 0 saturated carbocycles. The predicted octanol–water partition coefficient (Wildman–Crippen LogP) is 5.46. The van der Waals surface area contributed by atoms with E-state index in [1.807, 2.05) is 12.1 Å². The molecule has 0 N–H and O–H groups in total. The van der Waals surface area contributed by atoms with Gasteiger partial charge < -0.3 is 0 Å². The standard InChI is InChI=1S/C25H27FN2/c1-19-8-7-12-21(16-19)25-27(17-22-10-4-3-9-20(22)2)14-15-28(25)18-23-11-5-6-13-24(23)26/h3-13,16,25H,14-15,17-18H2,1-2H3/t25-/m1/s1. The molecule has 1 heterocycles. The molecule has 0 aromatic heterocycles. The number of benzene rings is 3. The van der Waals surface area contributed by atoms with E-state index in [0.717, 1.165) is 25.2 Å². The monoisotopic (exact) mass is 374 g/mol. The maximum atomic E-state index is 14.3. The molecule has 3 heteroatoms. The molecule has 1 fully saturated rings. The largest absolute Gasteiger partial charge is 0.278 e. The Bertz CT molecular complexity index is 897. The summed E-state index contributed by atoms with van der Waals surface area (Å²) in [4.78, 5) is 4.91. The molecule has 0 radical (unpaired) electrons. The maximum Gasteiger partial charge on any atom is 0.127 e. The molecule has 3 aromatic carbocycles. The predicted molar refractivity (Wildman–Crippen MR) is 112 cm³/mol. The van der Waals surface area contributed by atoms with Gasteiger partial charge in [-0.2, -0.15) is 0 Å². The van der Waals surface area contributed by atoms with E-state index in [2.05, 4.69) is 72.2 Å². The van der Waals surface area contributed by atoms with Crippen molar-refractivity contribution in [2.75, 3.05) is 13.1 Å². The zero-order valence-electron chi connectivity index (χ0n) is 16.6. The molecular weight excluding hydrogens is 347 g/mol. The van der Waals surface area contributed by atoms with Crippen molar-refractivity contribution in [3.8, 4) is 0 Å². The summed E-state index contributed by atoms with van der Waals surface area (Å²) >= 11 is 0. The normalized spacial score (nSPS) is 17.9. The van der Waals surface area contributed by atoms with E-state index in [1.165, 1.54) is 22.3 Å². The Kier molecular flexibility index (Phi) is 5.56. The van der Waals surface area contributed by atoms with Crippen LogP contribution in [0.2, 0.25) is 0 Å². The van der Waals surface area contributed by atoms with Gasteiger partial charge >= 0.3 is 0 Å². The maximum absolute atomic E-state index is 14.3. The van der Waals surface area contributed by atoms with Crippen molar-refractivity contribution >= 4 is 0 Å². The van der Waals surface area contributed by atoms with E-state index in [4.69, 9.17) is 0 Å². The van der Waals surface area contributed by atoms with Crippen LogP contribution < -0.4 is 0 Å². The van der Waals surface area contributed by atoms with Crippen molar-refractivity contribution in [1.29, 1.82) is 0 Å². The molecule has 28 heavy (non-hydrogen) atoms. The van der Waals surface area contributed by atoms with Crippen molar-refractivity contribution in [3.63, 3.8) is 0 Å². The summed E-state index contributed by atoms with van der Waals surface area (Å²) in [5, 5.41) is 0. The van der Waals surface area contributed by atoms with Crippen LogP contribution in [0.5, 0.6) is 0 Å². The highest BCUT2D eigenvalue weighted by molar-refractivity contribution is 5.29. The lowest BCUT2D eigenvalue weighted by Crippen LogP contribution is -2.31. The first-order chi connectivity index (χ1) is 13.6. The summed E-state index contributed by atoms with van der Waals surface area (Å²) in [5.74, 6) is -0.122. The second-order valence-corrected chi connectivity index (χ2v) is 7.75. The Morgan fingerprint density at radius 3 is 2.11 bits per heavy atom. The summed E-state index contributed by atoms with van der Waals surface area (Å²) in [7, 11) is 0. The molecule has 0 spiro atoms. The van der Waals surface area contributed by atoms with Gasteiger partial charge in [-0.15, -0.1) is 0 Å². The zero-order valence-corrected chi connectivity index (χ0v) is 16.6. The number of hydrogen-bond donors (Lipinski definition) is 0. The van der Waals surface area contributed by atoms with E-state index in [1.54, 1.807) is 12.1 Å². The molecule has 0 amide bonds. The fourth-order valence-corrected chi connectivity index (χ4v) is 4.17. The van der Waals surface area contributed by atoms with Gasteiger partial charge in [0.1, 0.15) is 5.82 Å². The molecule has 0 bridgehead atoms. The molecule has 1 aliphatic rings. The Morgan fingerprint density at radius 2 is 1.43 bits per heavy atom. The molecule has 0 aliphatic carbocycles. The molecule has 0 unspecified atom stereocenters.